The number of aliphatic imine (C=N–C) groups is 2. The molecule has 0 amide bonds. The fourth-order valence-corrected chi connectivity index (χ4v) is 2.98. The third-order valence-electron chi connectivity index (χ3n) is 4.39. The molecule has 0 spiro atoms. The first-order chi connectivity index (χ1) is 14.7. The summed E-state index contributed by atoms with van der Waals surface area (Å²) in [6, 6.07) is 12.1. The highest BCUT2D eigenvalue weighted by molar-refractivity contribution is 6.09. The quantitative estimate of drug-likeness (QED) is 0.324. The molecule has 0 N–H and O–H groups in total. The average molecular weight is 400 g/mol. The van der Waals surface area contributed by atoms with Crippen molar-refractivity contribution < 1.29 is 4.42 Å². The van der Waals surface area contributed by atoms with Crippen LogP contribution in [0.1, 0.15) is 38.8 Å². The summed E-state index contributed by atoms with van der Waals surface area (Å²) >= 11 is 0. The van der Waals surface area contributed by atoms with Crippen molar-refractivity contribution in [2.24, 2.45) is 9.98 Å². The van der Waals surface area contributed by atoms with Crippen LogP contribution in [0.25, 0.3) is 33.6 Å². The van der Waals surface area contributed by atoms with Gasteiger partial charge in [0.05, 0.1) is 0 Å². The van der Waals surface area contributed by atoms with Crippen LogP contribution in [0.5, 0.6) is 0 Å². The summed E-state index contributed by atoms with van der Waals surface area (Å²) in [5.74, 6) is 0.773. The minimum atomic E-state index is 0.728. The summed E-state index contributed by atoms with van der Waals surface area (Å²) < 4.78 is 6.18. The molecule has 2 aromatic heterocycles. The molecule has 2 heterocycles. The Morgan fingerprint density at radius 2 is 1.80 bits per heavy atom. The van der Waals surface area contributed by atoms with E-state index >= 15 is 0 Å². The summed E-state index contributed by atoms with van der Waals surface area (Å²) in [5, 5.41) is 0. The van der Waals surface area contributed by atoms with Gasteiger partial charge in [0.2, 0.25) is 0 Å². The van der Waals surface area contributed by atoms with Gasteiger partial charge in [-0.05, 0) is 31.1 Å². The molecular weight excluding hydrogens is 370 g/mol. The van der Waals surface area contributed by atoms with E-state index < -0.39 is 0 Å². The molecule has 154 valence electrons. The predicted octanol–water partition coefficient (Wildman–Crippen LogP) is 7.24. The second-order valence-corrected chi connectivity index (χ2v) is 6.09. The largest absolute Gasteiger partial charge is 0.454 e. The zero-order valence-corrected chi connectivity index (χ0v) is 18.4. The van der Waals surface area contributed by atoms with Crippen molar-refractivity contribution in [3.63, 3.8) is 0 Å². The van der Waals surface area contributed by atoms with E-state index in [1.165, 1.54) is 0 Å². The molecule has 4 heteroatoms. The Balaban J connectivity index is 0.00000155. The standard InChI is InChI=1S/C24H23N3O.C2H6/c1-5-17(15-25-4)19-8-10-20(11-9-19)23-14-22-24(28-23)21(12-13-27-22)18(6-2)16-26-7-3;1-2/h5-16H,2H2,1,3-4H3;1-2H3/b17-5+,18-16+,25-15?,26-7?;. The van der Waals surface area contributed by atoms with Crippen LogP contribution in [0.15, 0.2) is 81.9 Å². The van der Waals surface area contributed by atoms with Crippen LogP contribution in [0.4, 0.5) is 0 Å². The highest BCUT2D eigenvalue weighted by Gasteiger charge is 2.13. The summed E-state index contributed by atoms with van der Waals surface area (Å²) in [5.41, 5.74) is 6.53. The summed E-state index contributed by atoms with van der Waals surface area (Å²) in [6.07, 6.45) is 10.9. The molecule has 0 radical (unpaired) electrons. The first kappa shape index (κ1) is 22.8. The summed E-state index contributed by atoms with van der Waals surface area (Å²) in [6.45, 7) is 11.8. The maximum absolute atomic E-state index is 6.18. The van der Waals surface area contributed by atoms with Crippen LogP contribution >= 0.6 is 0 Å². The maximum atomic E-state index is 6.18. The number of hydrogen-bond acceptors (Lipinski definition) is 4. The van der Waals surface area contributed by atoms with E-state index in [1.54, 1.807) is 31.7 Å². The molecule has 1 aromatic carbocycles. The van der Waals surface area contributed by atoms with Gasteiger partial charge >= 0.3 is 0 Å². The molecule has 3 aromatic rings. The van der Waals surface area contributed by atoms with E-state index in [2.05, 4.69) is 33.7 Å². The third kappa shape index (κ3) is 5.09. The maximum Gasteiger partial charge on any atom is 0.161 e. The fraction of sp³-hybridized carbons (Fsp3) is 0.192. The Labute approximate surface area is 179 Å². The van der Waals surface area contributed by atoms with E-state index in [9.17, 15) is 0 Å². The molecule has 0 saturated carbocycles. The lowest BCUT2D eigenvalue weighted by atomic mass is 10.0. The first-order valence-electron chi connectivity index (χ1n) is 10.1. The van der Waals surface area contributed by atoms with E-state index in [4.69, 9.17) is 4.42 Å². The van der Waals surface area contributed by atoms with Crippen LogP contribution in [0.3, 0.4) is 0 Å². The molecule has 0 aliphatic heterocycles. The van der Waals surface area contributed by atoms with Gasteiger partial charge in [0.15, 0.2) is 5.58 Å². The zero-order valence-electron chi connectivity index (χ0n) is 18.4. The lowest BCUT2D eigenvalue weighted by molar-refractivity contribution is 0.630. The number of nitrogens with zero attached hydrogens (tertiary/aromatic N) is 3. The highest BCUT2D eigenvalue weighted by Crippen LogP contribution is 2.32. The van der Waals surface area contributed by atoms with Crippen LogP contribution in [-0.4, -0.2) is 24.5 Å². The van der Waals surface area contributed by atoms with Gasteiger partial charge in [0.25, 0.3) is 0 Å². The molecule has 3 rings (SSSR count). The van der Waals surface area contributed by atoms with Crippen molar-refractivity contribution in [3.8, 4) is 11.3 Å². The van der Waals surface area contributed by atoms with E-state index in [0.717, 1.165) is 44.7 Å². The Morgan fingerprint density at radius 3 is 2.40 bits per heavy atom. The second kappa shape index (κ2) is 11.5. The van der Waals surface area contributed by atoms with Crippen molar-refractivity contribution in [2.75, 3.05) is 7.05 Å². The number of allylic oxidation sites excluding steroid dienone is 4. The van der Waals surface area contributed by atoms with Gasteiger partial charge in [-0.25, -0.2) is 0 Å². The molecule has 4 nitrogen and oxygen atoms in total. The monoisotopic (exact) mass is 399 g/mol. The smallest absolute Gasteiger partial charge is 0.161 e. The van der Waals surface area contributed by atoms with E-state index in [-0.39, 0.29) is 0 Å². The normalized spacial score (nSPS) is 12.4. The summed E-state index contributed by atoms with van der Waals surface area (Å²) in [4.78, 5) is 12.8. The number of benzene rings is 1. The van der Waals surface area contributed by atoms with Crippen LogP contribution in [0, 0.1) is 0 Å². The van der Waals surface area contributed by atoms with Crippen molar-refractivity contribution in [1.29, 1.82) is 0 Å². The van der Waals surface area contributed by atoms with Crippen molar-refractivity contribution in [2.45, 2.75) is 27.7 Å². The summed E-state index contributed by atoms with van der Waals surface area (Å²) in [7, 11) is 1.77. The second-order valence-electron chi connectivity index (χ2n) is 6.09. The fourth-order valence-electron chi connectivity index (χ4n) is 2.98. The van der Waals surface area contributed by atoms with E-state index in [0.29, 0.717) is 0 Å². The van der Waals surface area contributed by atoms with Gasteiger partial charge in [-0.2, -0.15) is 0 Å². The van der Waals surface area contributed by atoms with Crippen LogP contribution < -0.4 is 0 Å². The van der Waals surface area contributed by atoms with Crippen molar-refractivity contribution in [1.82, 2.24) is 4.98 Å². The molecule has 0 aliphatic rings. The van der Waals surface area contributed by atoms with Gasteiger partial charge in [0, 0.05) is 54.6 Å². The Bertz CT molecular complexity index is 1100. The van der Waals surface area contributed by atoms with Crippen LogP contribution in [0.2, 0.25) is 0 Å². The molecule has 0 bridgehead atoms. The predicted molar refractivity (Wildman–Crippen MR) is 131 cm³/mol. The Morgan fingerprint density at radius 1 is 1.07 bits per heavy atom. The Kier molecular flexibility index (Phi) is 8.70. The average Bonchev–Trinajstić information content (AvgIpc) is 3.24. The van der Waals surface area contributed by atoms with Gasteiger partial charge < -0.3 is 4.42 Å². The van der Waals surface area contributed by atoms with E-state index in [1.807, 2.05) is 64.3 Å². The number of aromatic nitrogens is 1. The molecule has 30 heavy (non-hydrogen) atoms. The first-order valence-corrected chi connectivity index (χ1v) is 10.1. The topological polar surface area (TPSA) is 50.8 Å². The third-order valence-corrected chi connectivity index (χ3v) is 4.39. The molecular formula is C26H29N3O. The van der Waals surface area contributed by atoms with Crippen LogP contribution in [-0.2, 0) is 0 Å². The Hall–Kier alpha value is -3.53. The number of furan rings is 1. The number of rotatable bonds is 6. The van der Waals surface area contributed by atoms with Crippen molar-refractivity contribution in [3.05, 3.63) is 78.7 Å². The van der Waals surface area contributed by atoms with Gasteiger partial charge in [-0.1, -0.05) is 56.8 Å². The lowest BCUT2D eigenvalue weighted by Gasteiger charge is -2.03. The van der Waals surface area contributed by atoms with Crippen molar-refractivity contribution >= 4 is 34.7 Å². The SMILES string of the molecule is C=C/C(=C\N=CC)c1ccnc2cc(-c3ccc(/C(C=NC)=C/C)cc3)oc12.CC. The number of fused-ring (bicyclic) bond motifs is 1. The van der Waals surface area contributed by atoms with Gasteiger partial charge in [-0.15, -0.1) is 0 Å². The molecule has 0 aliphatic carbocycles. The molecule has 0 fully saturated rings. The zero-order chi connectivity index (χ0) is 21.9. The molecule has 0 saturated heterocycles. The minimum Gasteiger partial charge on any atom is -0.454 e. The minimum absolute atomic E-state index is 0.728. The van der Waals surface area contributed by atoms with Gasteiger partial charge in [-0.3, -0.25) is 15.0 Å². The highest BCUT2D eigenvalue weighted by atomic mass is 16.3. The molecule has 0 atom stereocenters. The van der Waals surface area contributed by atoms with Gasteiger partial charge in [0.1, 0.15) is 11.3 Å². The number of hydrogen-bond donors (Lipinski definition) is 0. The molecule has 0 unspecified atom stereocenters. The lowest BCUT2D eigenvalue weighted by Crippen LogP contribution is -1.85. The number of pyridine rings is 1.